The van der Waals surface area contributed by atoms with Gasteiger partial charge in [-0.1, -0.05) is 13.8 Å². The van der Waals surface area contributed by atoms with Gasteiger partial charge in [0.2, 0.25) is 5.78 Å². The van der Waals surface area contributed by atoms with Crippen molar-refractivity contribution in [2.45, 2.75) is 39.5 Å². The van der Waals surface area contributed by atoms with Gasteiger partial charge in [0.05, 0.1) is 0 Å². The summed E-state index contributed by atoms with van der Waals surface area (Å²) in [6, 6.07) is 3.74. The second-order valence-corrected chi connectivity index (χ2v) is 4.58. The molecule has 1 aromatic rings. The molecule has 4 nitrogen and oxygen atoms in total. The first-order valence-electron chi connectivity index (χ1n) is 5.15. The fourth-order valence-electron chi connectivity index (χ4n) is 1.47. The Balaban J connectivity index is 2.88. The summed E-state index contributed by atoms with van der Waals surface area (Å²) in [6.45, 7) is 7.20. The molecule has 86 valence electrons. The smallest absolute Gasteiger partial charge is 0.331 e. The van der Waals surface area contributed by atoms with Crippen LogP contribution in [0.15, 0.2) is 16.5 Å². The fourth-order valence-corrected chi connectivity index (χ4v) is 1.47. The summed E-state index contributed by atoms with van der Waals surface area (Å²) in [5.74, 6) is 1.41. The third-order valence-corrected chi connectivity index (χ3v) is 2.56. The highest BCUT2D eigenvalue weighted by molar-refractivity contribution is 6.36. The lowest BCUT2D eigenvalue weighted by molar-refractivity contribution is -0.118. The average molecular weight is 220 g/mol. The standard InChI is InChI=1S/C12H16N2O2/c1-8-5-6-11(16-8)12(3,4)7-10(15)9(2)14-13/h5-6H,7H2,1-4H3. The minimum Gasteiger partial charge on any atom is -0.466 e. The van der Waals surface area contributed by atoms with E-state index in [1.165, 1.54) is 6.92 Å². The average Bonchev–Trinajstić information content (AvgIpc) is 2.63. The highest BCUT2D eigenvalue weighted by Crippen LogP contribution is 2.28. The van der Waals surface area contributed by atoms with Crippen molar-refractivity contribution in [1.82, 2.24) is 0 Å². The molecule has 0 aliphatic carbocycles. The highest BCUT2D eigenvalue weighted by Gasteiger charge is 2.30. The van der Waals surface area contributed by atoms with Crippen LogP contribution in [0.4, 0.5) is 0 Å². The van der Waals surface area contributed by atoms with Crippen LogP contribution in [-0.2, 0) is 10.2 Å². The van der Waals surface area contributed by atoms with E-state index in [1.54, 1.807) is 0 Å². The number of carbonyl (C=O) groups is 1. The molecule has 0 radical (unpaired) electrons. The summed E-state index contributed by atoms with van der Waals surface area (Å²) in [6.07, 6.45) is 0.260. The van der Waals surface area contributed by atoms with Crippen LogP contribution in [-0.4, -0.2) is 16.3 Å². The van der Waals surface area contributed by atoms with Gasteiger partial charge in [0.25, 0.3) is 0 Å². The van der Waals surface area contributed by atoms with Gasteiger partial charge in [0, 0.05) is 18.8 Å². The molecule has 0 bridgehead atoms. The zero-order valence-electron chi connectivity index (χ0n) is 10.1. The molecular formula is C12H16N2O2. The topological polar surface area (TPSA) is 66.6 Å². The normalized spacial score (nSPS) is 11.0. The highest BCUT2D eigenvalue weighted by atomic mass is 16.3. The number of aryl methyl sites for hydroxylation is 1. The Morgan fingerprint density at radius 1 is 1.50 bits per heavy atom. The summed E-state index contributed by atoms with van der Waals surface area (Å²) >= 11 is 0. The molecule has 0 saturated carbocycles. The molecule has 0 aromatic carbocycles. The van der Waals surface area contributed by atoms with Crippen LogP contribution in [0.1, 0.15) is 38.7 Å². The van der Waals surface area contributed by atoms with Crippen LogP contribution in [0.3, 0.4) is 0 Å². The van der Waals surface area contributed by atoms with Crippen molar-refractivity contribution < 1.29 is 14.0 Å². The van der Waals surface area contributed by atoms with Crippen LogP contribution < -0.4 is 0 Å². The third-order valence-electron chi connectivity index (χ3n) is 2.56. The van der Waals surface area contributed by atoms with E-state index in [1.807, 2.05) is 32.9 Å². The van der Waals surface area contributed by atoms with Crippen LogP contribution in [0, 0.1) is 6.92 Å². The summed E-state index contributed by atoms with van der Waals surface area (Å²) < 4.78 is 5.51. The van der Waals surface area contributed by atoms with E-state index in [0.717, 1.165) is 11.5 Å². The molecule has 0 N–H and O–H groups in total. The van der Waals surface area contributed by atoms with Gasteiger partial charge in [-0.2, -0.15) is 4.79 Å². The third kappa shape index (κ3) is 2.67. The van der Waals surface area contributed by atoms with Gasteiger partial charge < -0.3 is 9.95 Å². The quantitative estimate of drug-likeness (QED) is 0.444. The van der Waals surface area contributed by atoms with Crippen molar-refractivity contribution in [1.29, 1.82) is 0 Å². The minimum atomic E-state index is -0.392. The second-order valence-electron chi connectivity index (χ2n) is 4.58. The molecule has 0 fully saturated rings. The first kappa shape index (κ1) is 12.4. The van der Waals surface area contributed by atoms with Gasteiger partial charge in [0.15, 0.2) is 0 Å². The molecule has 0 spiro atoms. The lowest BCUT2D eigenvalue weighted by atomic mass is 9.84. The monoisotopic (exact) mass is 220 g/mol. The van der Waals surface area contributed by atoms with Gasteiger partial charge >= 0.3 is 5.71 Å². The molecular weight excluding hydrogens is 204 g/mol. The van der Waals surface area contributed by atoms with Gasteiger partial charge in [-0.05, 0) is 19.1 Å². The predicted molar refractivity (Wildman–Crippen MR) is 60.4 cm³/mol. The maximum atomic E-state index is 11.6. The molecule has 0 unspecified atom stereocenters. The predicted octanol–water partition coefficient (Wildman–Crippen LogP) is 2.52. The van der Waals surface area contributed by atoms with Gasteiger partial charge in [0.1, 0.15) is 11.5 Å². The van der Waals surface area contributed by atoms with E-state index in [-0.39, 0.29) is 17.9 Å². The number of carbonyl (C=O) groups excluding carboxylic acids is 1. The van der Waals surface area contributed by atoms with Crippen molar-refractivity contribution in [2.75, 3.05) is 0 Å². The Labute approximate surface area is 94.9 Å². The molecule has 16 heavy (non-hydrogen) atoms. The van der Waals surface area contributed by atoms with Gasteiger partial charge in [-0.25, -0.2) is 0 Å². The van der Waals surface area contributed by atoms with Crippen molar-refractivity contribution in [3.8, 4) is 0 Å². The zero-order chi connectivity index (χ0) is 12.3. The number of rotatable bonds is 4. The fraction of sp³-hybridized carbons (Fsp3) is 0.500. The number of Topliss-reactive ketones (excluding diaryl/α,β-unsaturated/α-hetero) is 1. The second kappa shape index (κ2) is 4.45. The minimum absolute atomic E-state index is 0.122. The van der Waals surface area contributed by atoms with E-state index >= 15 is 0 Å². The summed E-state index contributed by atoms with van der Waals surface area (Å²) in [5.41, 5.74) is 8.25. The molecule has 1 rings (SSSR count). The number of hydrogen-bond donors (Lipinski definition) is 0. The Hall–Kier alpha value is -1.67. The van der Waals surface area contributed by atoms with Crippen LogP contribution in [0.2, 0.25) is 0 Å². The lowest BCUT2D eigenvalue weighted by Gasteiger charge is -2.19. The number of hydrogen-bond acceptors (Lipinski definition) is 2. The number of furan rings is 1. The van der Waals surface area contributed by atoms with Gasteiger partial charge in [-0.15, -0.1) is 0 Å². The van der Waals surface area contributed by atoms with E-state index in [2.05, 4.69) is 4.79 Å². The van der Waals surface area contributed by atoms with E-state index in [0.29, 0.717) is 0 Å². The molecule has 1 heterocycles. The van der Waals surface area contributed by atoms with E-state index in [9.17, 15) is 4.79 Å². The molecule has 0 amide bonds. The zero-order valence-corrected chi connectivity index (χ0v) is 10.1. The summed E-state index contributed by atoms with van der Waals surface area (Å²) in [4.78, 5) is 14.5. The molecule has 0 aliphatic heterocycles. The maximum absolute atomic E-state index is 11.6. The first-order valence-corrected chi connectivity index (χ1v) is 5.15. The van der Waals surface area contributed by atoms with Gasteiger partial charge in [-0.3, -0.25) is 4.79 Å². The molecule has 4 heteroatoms. The molecule has 0 atom stereocenters. The maximum Gasteiger partial charge on any atom is 0.331 e. The lowest BCUT2D eigenvalue weighted by Crippen LogP contribution is -2.25. The van der Waals surface area contributed by atoms with Crippen molar-refractivity contribution in [3.63, 3.8) is 0 Å². The first-order chi connectivity index (χ1) is 7.36. The van der Waals surface area contributed by atoms with Crippen molar-refractivity contribution in [3.05, 3.63) is 29.2 Å². The molecule has 0 saturated heterocycles. The Bertz CT molecular complexity index is 451. The Kier molecular flexibility index (Phi) is 3.45. The Morgan fingerprint density at radius 2 is 2.12 bits per heavy atom. The molecule has 1 aromatic heterocycles. The van der Waals surface area contributed by atoms with E-state index in [4.69, 9.17) is 9.95 Å². The number of ketones is 1. The Morgan fingerprint density at radius 3 is 2.56 bits per heavy atom. The number of nitrogens with zero attached hydrogens (tertiary/aromatic N) is 2. The van der Waals surface area contributed by atoms with Crippen molar-refractivity contribution in [2.24, 2.45) is 0 Å². The van der Waals surface area contributed by atoms with Crippen LogP contribution in [0.25, 0.3) is 5.53 Å². The van der Waals surface area contributed by atoms with Crippen LogP contribution >= 0.6 is 0 Å². The summed E-state index contributed by atoms with van der Waals surface area (Å²) in [7, 11) is 0. The molecule has 0 aliphatic rings. The van der Waals surface area contributed by atoms with E-state index < -0.39 is 5.41 Å². The van der Waals surface area contributed by atoms with Crippen molar-refractivity contribution >= 4 is 11.5 Å². The SMILES string of the molecule is CC(=[N+]=[N-])C(=O)CC(C)(C)c1ccc(C)o1. The van der Waals surface area contributed by atoms with Crippen LogP contribution in [0.5, 0.6) is 0 Å². The summed E-state index contributed by atoms with van der Waals surface area (Å²) in [5, 5.41) is 0. The largest absolute Gasteiger partial charge is 0.466 e.